The second-order valence-electron chi connectivity index (χ2n) is 6.83. The van der Waals surface area contributed by atoms with Crippen LogP contribution in [0.5, 0.6) is 5.75 Å². The van der Waals surface area contributed by atoms with E-state index in [1.165, 1.54) is 0 Å². The molecule has 1 aromatic carbocycles. The van der Waals surface area contributed by atoms with Crippen LogP contribution in [0.4, 0.5) is 5.69 Å². The van der Waals surface area contributed by atoms with Gasteiger partial charge < -0.3 is 20.3 Å². The average Bonchev–Trinajstić information content (AvgIpc) is 2.52. The first-order chi connectivity index (χ1) is 10.3. The zero-order valence-electron chi connectivity index (χ0n) is 14.0. The number of carbonyl (C=O) groups is 1. The number of para-hydroxylation sites is 2. The second kappa shape index (κ2) is 6.57. The van der Waals surface area contributed by atoms with Crippen molar-refractivity contribution < 1.29 is 9.53 Å². The number of anilines is 1. The Morgan fingerprint density at radius 3 is 2.32 bits per heavy atom. The van der Waals surface area contributed by atoms with Gasteiger partial charge in [-0.05, 0) is 17.5 Å². The van der Waals surface area contributed by atoms with Crippen LogP contribution in [0.2, 0.25) is 0 Å². The minimum atomic E-state index is -0.453. The van der Waals surface area contributed by atoms with E-state index in [1.807, 2.05) is 43.9 Å². The van der Waals surface area contributed by atoms with Gasteiger partial charge >= 0.3 is 0 Å². The molecule has 1 saturated heterocycles. The maximum absolute atomic E-state index is 12.5. The molecule has 0 spiro atoms. The fraction of sp³-hybridized carbons (Fsp3) is 0.588. The van der Waals surface area contributed by atoms with Gasteiger partial charge in [0.15, 0.2) is 0 Å². The van der Waals surface area contributed by atoms with Crippen LogP contribution in [0.3, 0.4) is 0 Å². The Hall–Kier alpha value is -1.75. The van der Waals surface area contributed by atoms with Crippen LogP contribution in [0.1, 0.15) is 20.8 Å². The first kappa shape index (κ1) is 16.6. The Kier molecular flexibility index (Phi) is 4.96. The summed E-state index contributed by atoms with van der Waals surface area (Å²) in [4.78, 5) is 16.6. The molecule has 22 heavy (non-hydrogen) atoms. The fourth-order valence-corrected chi connectivity index (χ4v) is 2.63. The van der Waals surface area contributed by atoms with E-state index in [1.54, 1.807) is 7.11 Å². The number of nitrogens with zero attached hydrogens (tertiary/aromatic N) is 2. The third kappa shape index (κ3) is 3.53. The lowest BCUT2D eigenvalue weighted by Gasteiger charge is -2.39. The van der Waals surface area contributed by atoms with Crippen LogP contribution in [0.15, 0.2) is 24.3 Å². The monoisotopic (exact) mass is 305 g/mol. The molecule has 1 aliphatic heterocycles. The smallest absolute Gasteiger partial charge is 0.240 e. The van der Waals surface area contributed by atoms with Crippen LogP contribution in [-0.4, -0.2) is 50.1 Å². The second-order valence-corrected chi connectivity index (χ2v) is 6.83. The number of hydrogen-bond acceptors (Lipinski definition) is 4. The largest absolute Gasteiger partial charge is 0.495 e. The Morgan fingerprint density at radius 1 is 1.18 bits per heavy atom. The lowest BCUT2D eigenvalue weighted by atomic mass is 9.86. The van der Waals surface area contributed by atoms with Crippen molar-refractivity contribution in [3.63, 3.8) is 0 Å². The van der Waals surface area contributed by atoms with Crippen LogP contribution in [0.25, 0.3) is 0 Å². The molecular formula is C17H27N3O2. The lowest BCUT2D eigenvalue weighted by molar-refractivity contribution is -0.135. The van der Waals surface area contributed by atoms with E-state index in [-0.39, 0.29) is 11.3 Å². The molecule has 0 unspecified atom stereocenters. The summed E-state index contributed by atoms with van der Waals surface area (Å²) in [6.45, 7) is 8.98. The van der Waals surface area contributed by atoms with Gasteiger partial charge in [0, 0.05) is 26.2 Å². The summed E-state index contributed by atoms with van der Waals surface area (Å²) in [6.07, 6.45) is 0. The van der Waals surface area contributed by atoms with Crippen molar-refractivity contribution in [1.82, 2.24) is 4.90 Å². The van der Waals surface area contributed by atoms with E-state index in [2.05, 4.69) is 11.0 Å². The summed E-state index contributed by atoms with van der Waals surface area (Å²) >= 11 is 0. The van der Waals surface area contributed by atoms with E-state index >= 15 is 0 Å². The highest BCUT2D eigenvalue weighted by Gasteiger charge is 2.32. The van der Waals surface area contributed by atoms with E-state index in [0.717, 1.165) is 24.5 Å². The zero-order valence-corrected chi connectivity index (χ0v) is 14.0. The Bertz CT molecular complexity index is 517. The van der Waals surface area contributed by atoms with Gasteiger partial charge in [-0.25, -0.2) is 0 Å². The number of nitrogens with two attached hydrogens (primary N) is 1. The number of carbonyl (C=O) groups excluding carboxylic acids is 1. The average molecular weight is 305 g/mol. The van der Waals surface area contributed by atoms with Gasteiger partial charge in [-0.15, -0.1) is 0 Å². The topological polar surface area (TPSA) is 58.8 Å². The first-order valence-electron chi connectivity index (χ1n) is 7.77. The summed E-state index contributed by atoms with van der Waals surface area (Å²) in [5.41, 5.74) is 6.96. The van der Waals surface area contributed by atoms with Crippen molar-refractivity contribution in [3.05, 3.63) is 24.3 Å². The molecule has 2 N–H and O–H groups in total. The summed E-state index contributed by atoms with van der Waals surface area (Å²) in [6, 6.07) is 7.53. The fourth-order valence-electron chi connectivity index (χ4n) is 2.63. The number of rotatable bonds is 3. The number of hydrogen-bond donors (Lipinski definition) is 1. The van der Waals surface area contributed by atoms with Gasteiger partial charge in [-0.1, -0.05) is 32.9 Å². The van der Waals surface area contributed by atoms with Gasteiger partial charge in [0.05, 0.1) is 18.8 Å². The van der Waals surface area contributed by atoms with Crippen molar-refractivity contribution in [2.24, 2.45) is 11.1 Å². The van der Waals surface area contributed by atoms with Crippen molar-refractivity contribution >= 4 is 11.6 Å². The van der Waals surface area contributed by atoms with Crippen molar-refractivity contribution in [3.8, 4) is 5.75 Å². The maximum atomic E-state index is 12.5. The molecule has 2 rings (SSSR count). The summed E-state index contributed by atoms with van der Waals surface area (Å²) in [7, 11) is 1.68. The third-order valence-electron chi connectivity index (χ3n) is 4.22. The standard InChI is InChI=1S/C17H27N3O2/c1-17(2,3)15(18)16(21)20-11-9-19(10-12-20)13-7-5-6-8-14(13)22-4/h5-8,15H,9-12,18H2,1-4H3/t15-/m1/s1. The molecule has 0 radical (unpaired) electrons. The number of benzene rings is 1. The quantitative estimate of drug-likeness (QED) is 0.924. The molecule has 1 aromatic rings. The number of piperazine rings is 1. The van der Waals surface area contributed by atoms with Gasteiger partial charge in [-0.3, -0.25) is 4.79 Å². The highest BCUT2D eigenvalue weighted by Crippen LogP contribution is 2.28. The SMILES string of the molecule is COc1ccccc1N1CCN(C(=O)[C@@H](N)C(C)(C)C)CC1. The van der Waals surface area contributed by atoms with Crippen LogP contribution >= 0.6 is 0 Å². The summed E-state index contributed by atoms with van der Waals surface area (Å²) in [5.74, 6) is 0.917. The number of amides is 1. The minimum absolute atomic E-state index is 0.0483. The zero-order chi connectivity index (χ0) is 16.3. The predicted octanol–water partition coefficient (Wildman–Crippen LogP) is 1.72. The Morgan fingerprint density at radius 2 is 1.77 bits per heavy atom. The summed E-state index contributed by atoms with van der Waals surface area (Å²) < 4.78 is 5.41. The van der Waals surface area contributed by atoms with E-state index in [0.29, 0.717) is 13.1 Å². The van der Waals surface area contributed by atoms with Gasteiger partial charge in [0.1, 0.15) is 5.75 Å². The molecule has 1 atom stereocenters. The number of methoxy groups -OCH3 is 1. The molecule has 0 aliphatic carbocycles. The molecule has 0 bridgehead atoms. The van der Waals surface area contributed by atoms with Gasteiger partial charge in [0.2, 0.25) is 5.91 Å². The molecule has 0 aromatic heterocycles. The Labute approximate surface area is 133 Å². The molecular weight excluding hydrogens is 278 g/mol. The first-order valence-corrected chi connectivity index (χ1v) is 7.77. The normalized spacial score (nSPS) is 17.3. The minimum Gasteiger partial charge on any atom is -0.495 e. The molecule has 5 heteroatoms. The molecule has 1 amide bonds. The van der Waals surface area contributed by atoms with E-state index < -0.39 is 6.04 Å². The van der Waals surface area contributed by atoms with E-state index in [4.69, 9.17) is 10.5 Å². The lowest BCUT2D eigenvalue weighted by Crippen LogP contribution is -2.56. The van der Waals surface area contributed by atoms with Crippen LogP contribution in [0, 0.1) is 5.41 Å². The van der Waals surface area contributed by atoms with Crippen LogP contribution in [-0.2, 0) is 4.79 Å². The molecule has 1 aliphatic rings. The van der Waals surface area contributed by atoms with Crippen molar-refractivity contribution in [1.29, 1.82) is 0 Å². The number of ether oxygens (including phenoxy) is 1. The van der Waals surface area contributed by atoms with Gasteiger partial charge in [0.25, 0.3) is 0 Å². The van der Waals surface area contributed by atoms with E-state index in [9.17, 15) is 4.79 Å². The maximum Gasteiger partial charge on any atom is 0.240 e. The molecule has 122 valence electrons. The molecule has 0 saturated carbocycles. The van der Waals surface area contributed by atoms with Crippen molar-refractivity contribution in [2.75, 3.05) is 38.2 Å². The molecule has 5 nitrogen and oxygen atoms in total. The summed E-state index contributed by atoms with van der Waals surface area (Å²) in [5, 5.41) is 0. The third-order valence-corrected chi connectivity index (χ3v) is 4.22. The molecule has 1 fully saturated rings. The van der Waals surface area contributed by atoms with Crippen LogP contribution < -0.4 is 15.4 Å². The predicted molar refractivity (Wildman–Crippen MR) is 89.2 cm³/mol. The highest BCUT2D eigenvalue weighted by atomic mass is 16.5. The Balaban J connectivity index is 2.00. The van der Waals surface area contributed by atoms with Crippen molar-refractivity contribution in [2.45, 2.75) is 26.8 Å². The highest BCUT2D eigenvalue weighted by molar-refractivity contribution is 5.82. The van der Waals surface area contributed by atoms with Gasteiger partial charge in [-0.2, -0.15) is 0 Å². The molecule has 1 heterocycles.